The third-order valence-electron chi connectivity index (χ3n) is 0. The number of carbonyl (C=O) groups is 2. The molecule has 0 saturated heterocycles. The van der Waals surface area contributed by atoms with E-state index >= 15 is 0 Å². The van der Waals surface area contributed by atoms with Crippen molar-refractivity contribution in [1.29, 1.82) is 0 Å². The molecule has 88 valence electrons. The highest BCUT2D eigenvalue weighted by Crippen LogP contribution is 1.31. The molecule has 4 N–H and O–H groups in total. The summed E-state index contributed by atoms with van der Waals surface area (Å²) in [6.07, 6.45) is 0. The van der Waals surface area contributed by atoms with Gasteiger partial charge in [0.2, 0.25) is 0 Å². The van der Waals surface area contributed by atoms with Gasteiger partial charge in [0.15, 0.2) is 0 Å². The molecular weight excluding hydrogens is 188 g/mol. The van der Waals surface area contributed by atoms with Crippen LogP contribution in [0.1, 0.15) is 13.8 Å². The molecule has 0 heterocycles. The van der Waals surface area contributed by atoms with E-state index in [0.29, 0.717) is 0 Å². The van der Waals surface area contributed by atoms with Crippen molar-refractivity contribution in [1.82, 2.24) is 0 Å². The van der Waals surface area contributed by atoms with Gasteiger partial charge in [0.05, 0.1) is 28.2 Å². The molecule has 0 bridgehead atoms. The lowest BCUT2D eigenvalue weighted by Crippen LogP contribution is -2.74. The third kappa shape index (κ3) is 812. The van der Waals surface area contributed by atoms with Gasteiger partial charge in [0.25, 0.3) is 0 Å². The maximum atomic E-state index is 8.89. The number of quaternary nitrogens is 2. The van der Waals surface area contributed by atoms with Gasteiger partial charge in [-0.25, -0.2) is 0 Å². The Morgan fingerprint density at radius 2 is 0.786 bits per heavy atom. The van der Waals surface area contributed by atoms with Crippen LogP contribution in [0.5, 0.6) is 0 Å². The Kier molecular flexibility index (Phi) is 48.9. The Bertz CT molecular complexity index is 95.9. The minimum absolute atomic E-state index is 0.972. The van der Waals surface area contributed by atoms with Crippen LogP contribution in [-0.4, -0.2) is 40.1 Å². The number of hydrogen-bond donors (Lipinski definition) is 2. The average molecular weight is 210 g/mol. The van der Waals surface area contributed by atoms with Crippen molar-refractivity contribution >= 4 is 11.9 Å². The summed E-state index contributed by atoms with van der Waals surface area (Å²) in [6.45, 7) is 1.94. The minimum Gasteiger partial charge on any atom is -0.550 e. The third-order valence-corrected chi connectivity index (χ3v) is 0. The summed E-state index contributed by atoms with van der Waals surface area (Å²) in [6, 6.07) is 0. The first-order valence-electron chi connectivity index (χ1n) is 4.13. The molecule has 0 aromatic rings. The number of carbonyl (C=O) groups excluding carboxylic acids is 2. The molecule has 6 heteroatoms. The maximum absolute atomic E-state index is 8.89. The first-order chi connectivity index (χ1) is 6.29. The molecule has 0 spiro atoms. The number of rotatable bonds is 0. The van der Waals surface area contributed by atoms with E-state index in [1.165, 1.54) is 0 Å². The quantitative estimate of drug-likeness (QED) is 0.417. The summed E-state index contributed by atoms with van der Waals surface area (Å²) >= 11 is 0. The van der Waals surface area contributed by atoms with Crippen molar-refractivity contribution in [3.05, 3.63) is 0 Å². The molecule has 0 unspecified atom stereocenters. The van der Waals surface area contributed by atoms with Gasteiger partial charge in [-0.2, -0.15) is 0 Å². The Morgan fingerprint density at radius 1 is 0.786 bits per heavy atom. The van der Waals surface area contributed by atoms with Crippen LogP contribution in [0, 0.1) is 0 Å². The van der Waals surface area contributed by atoms with Crippen molar-refractivity contribution in [2.45, 2.75) is 13.8 Å². The molecule has 0 aromatic carbocycles. The van der Waals surface area contributed by atoms with Crippen LogP contribution < -0.4 is 20.8 Å². The van der Waals surface area contributed by atoms with Gasteiger partial charge in [0, 0.05) is 11.9 Å². The van der Waals surface area contributed by atoms with E-state index in [9.17, 15) is 0 Å². The maximum Gasteiger partial charge on any atom is 0.0647 e. The zero-order valence-electron chi connectivity index (χ0n) is 9.79. The van der Waals surface area contributed by atoms with Gasteiger partial charge in [0.1, 0.15) is 0 Å². The predicted octanol–water partition coefficient (Wildman–Crippen LogP) is -4.87. The first kappa shape index (κ1) is 23.0. The van der Waals surface area contributed by atoms with Gasteiger partial charge in [-0.3, -0.25) is 0 Å². The molecule has 0 rings (SSSR count). The Hall–Kier alpha value is -1.14. The van der Waals surface area contributed by atoms with E-state index in [2.05, 4.69) is 0 Å². The summed E-state index contributed by atoms with van der Waals surface area (Å²) in [5.74, 6) is -2.17. The van der Waals surface area contributed by atoms with Gasteiger partial charge in [-0.15, -0.1) is 0 Å². The van der Waals surface area contributed by atoms with Crippen LogP contribution in [0.3, 0.4) is 0 Å². The molecule has 0 aliphatic rings. The van der Waals surface area contributed by atoms with Crippen molar-refractivity contribution in [2.24, 2.45) is 0 Å². The van der Waals surface area contributed by atoms with Gasteiger partial charge < -0.3 is 30.4 Å². The largest absolute Gasteiger partial charge is 0.550 e. The van der Waals surface area contributed by atoms with E-state index < -0.39 is 11.9 Å². The zero-order chi connectivity index (χ0) is 12.6. The predicted molar refractivity (Wildman–Crippen MR) is 48.9 cm³/mol. The van der Waals surface area contributed by atoms with Crippen molar-refractivity contribution in [3.8, 4) is 0 Å². The summed E-state index contributed by atoms with van der Waals surface area (Å²) in [4.78, 5) is 17.8. The Balaban J connectivity index is -0.0000000482. The molecular formula is C8H22N2O4. The highest BCUT2D eigenvalue weighted by atomic mass is 16.4. The number of carboxylic acids is 2. The molecule has 0 aromatic heterocycles. The number of aliphatic carboxylic acids is 2. The van der Waals surface area contributed by atoms with Crippen LogP contribution in [0.2, 0.25) is 0 Å². The minimum atomic E-state index is -1.08. The van der Waals surface area contributed by atoms with E-state index in [4.69, 9.17) is 19.8 Å². The topological polar surface area (TPSA) is 113 Å². The number of nitrogens with two attached hydrogens (primary N) is 2. The monoisotopic (exact) mass is 210 g/mol. The van der Waals surface area contributed by atoms with Crippen molar-refractivity contribution in [2.75, 3.05) is 28.2 Å². The summed E-state index contributed by atoms with van der Waals surface area (Å²) in [7, 11) is 8.00. The van der Waals surface area contributed by atoms with Gasteiger partial charge in [-0.1, -0.05) is 0 Å². The number of hydrogen-bond acceptors (Lipinski definition) is 4. The lowest BCUT2D eigenvalue weighted by Gasteiger charge is -1.77. The fourth-order valence-corrected chi connectivity index (χ4v) is 0. The molecule has 0 radical (unpaired) electrons. The summed E-state index contributed by atoms with van der Waals surface area (Å²) in [5, 5.41) is 21.8. The van der Waals surface area contributed by atoms with Gasteiger partial charge >= 0.3 is 0 Å². The lowest BCUT2D eigenvalue weighted by molar-refractivity contribution is -0.597. The van der Waals surface area contributed by atoms with Crippen molar-refractivity contribution in [3.63, 3.8) is 0 Å². The molecule has 0 aliphatic heterocycles. The second kappa shape index (κ2) is 29.7. The second-order valence-electron chi connectivity index (χ2n) is 2.14. The molecule has 0 saturated carbocycles. The van der Waals surface area contributed by atoms with Crippen LogP contribution in [0.15, 0.2) is 0 Å². The molecule has 0 fully saturated rings. The normalized spacial score (nSPS) is 6.14. The highest BCUT2D eigenvalue weighted by molar-refractivity contribution is 5.60. The average Bonchev–Trinajstić information content (AvgIpc) is 1.85. The Morgan fingerprint density at radius 3 is 0.786 bits per heavy atom. The highest BCUT2D eigenvalue weighted by Gasteiger charge is 1.46. The molecule has 0 amide bonds. The van der Waals surface area contributed by atoms with Gasteiger partial charge in [-0.05, 0) is 13.8 Å². The second-order valence-corrected chi connectivity index (χ2v) is 2.14. The smallest absolute Gasteiger partial charge is 0.0647 e. The van der Waals surface area contributed by atoms with Crippen LogP contribution in [0.4, 0.5) is 0 Å². The molecule has 6 nitrogen and oxygen atoms in total. The van der Waals surface area contributed by atoms with E-state index in [-0.39, 0.29) is 0 Å². The van der Waals surface area contributed by atoms with Crippen LogP contribution >= 0.6 is 0 Å². The SMILES string of the molecule is CC(=O)[O-].CC(=O)[O-].C[NH2+]C.C[NH2+]C. The van der Waals surface area contributed by atoms with Crippen LogP contribution in [0.25, 0.3) is 0 Å². The molecule has 0 atom stereocenters. The summed E-state index contributed by atoms with van der Waals surface area (Å²) < 4.78 is 0. The lowest BCUT2D eigenvalue weighted by atomic mass is 10.9. The fourth-order valence-electron chi connectivity index (χ4n) is 0. The summed E-state index contributed by atoms with van der Waals surface area (Å²) in [5.41, 5.74) is 0. The zero-order valence-corrected chi connectivity index (χ0v) is 9.79. The van der Waals surface area contributed by atoms with E-state index in [0.717, 1.165) is 13.8 Å². The van der Waals surface area contributed by atoms with E-state index in [1.807, 2.05) is 38.8 Å². The molecule has 14 heavy (non-hydrogen) atoms. The first-order valence-corrected chi connectivity index (χ1v) is 4.13. The Labute approximate surface area is 85.3 Å². The standard InChI is InChI=1S/2C2H7N.2C2H4O2/c2*1-3-2;2*1-2(3)4/h2*3H,1-2H3;2*1H3,(H,3,4). The van der Waals surface area contributed by atoms with E-state index in [1.54, 1.807) is 0 Å². The van der Waals surface area contributed by atoms with Crippen LogP contribution in [-0.2, 0) is 9.59 Å². The number of carboxylic acid groups (broad SMARTS) is 2. The fraction of sp³-hybridized carbons (Fsp3) is 0.750. The molecule has 0 aliphatic carbocycles. The van der Waals surface area contributed by atoms with Crippen molar-refractivity contribution < 1.29 is 30.4 Å².